The van der Waals surface area contributed by atoms with E-state index in [1.165, 1.54) is 0 Å². The fourth-order valence-electron chi connectivity index (χ4n) is 1.72. The second-order valence-electron chi connectivity index (χ2n) is 4.07. The smallest absolute Gasteiger partial charge is 0.349 e. The maximum Gasteiger partial charge on any atom is 0.349 e. The molecule has 0 aromatic carbocycles. The Morgan fingerprint density at radius 3 is 2.74 bits per heavy atom. The minimum absolute atomic E-state index is 0.254. The number of rotatable bonds is 3. The molecule has 2 aromatic heterocycles. The van der Waals surface area contributed by atoms with Crippen molar-refractivity contribution >= 4 is 17.6 Å². The van der Waals surface area contributed by atoms with E-state index < -0.39 is 5.97 Å². The van der Waals surface area contributed by atoms with Crippen LogP contribution in [-0.4, -0.2) is 20.7 Å². The molecule has 0 radical (unpaired) electrons. The van der Waals surface area contributed by atoms with Gasteiger partial charge in [0.1, 0.15) is 10.7 Å². The molecule has 0 aliphatic heterocycles. The monoisotopic (exact) mass is 279 g/mol. The molecule has 0 saturated carbocycles. The quantitative estimate of drug-likeness (QED) is 0.811. The Bertz CT molecular complexity index is 622. The van der Waals surface area contributed by atoms with Crippen LogP contribution in [0.1, 0.15) is 28.7 Å². The summed E-state index contributed by atoms with van der Waals surface area (Å²) in [7, 11) is 0. The molecule has 0 amide bonds. The Morgan fingerprint density at radius 1 is 1.42 bits per heavy atom. The standard InChI is InChI=1S/C13H14ClN3O2/c1-4-17-12(14)11(9(3)16-17)13(18)19-10-7-5-6-8(2)15-10/h5-7H,4H2,1-3H3. The Kier molecular flexibility index (Phi) is 3.85. The van der Waals surface area contributed by atoms with E-state index in [1.54, 1.807) is 23.7 Å². The summed E-state index contributed by atoms with van der Waals surface area (Å²) in [6, 6.07) is 5.22. The summed E-state index contributed by atoms with van der Waals surface area (Å²) < 4.78 is 6.77. The number of aryl methyl sites for hydroxylation is 3. The van der Waals surface area contributed by atoms with Crippen molar-refractivity contribution < 1.29 is 9.53 Å². The van der Waals surface area contributed by atoms with Gasteiger partial charge in [0.2, 0.25) is 5.88 Å². The van der Waals surface area contributed by atoms with Crippen molar-refractivity contribution in [2.24, 2.45) is 0 Å². The Balaban J connectivity index is 2.28. The zero-order valence-electron chi connectivity index (χ0n) is 11.0. The fraction of sp³-hybridized carbons (Fsp3) is 0.308. The van der Waals surface area contributed by atoms with Crippen molar-refractivity contribution in [3.05, 3.63) is 40.3 Å². The summed E-state index contributed by atoms with van der Waals surface area (Å²) in [6.07, 6.45) is 0. The lowest BCUT2D eigenvalue weighted by atomic mass is 10.3. The first kappa shape index (κ1) is 13.5. The lowest BCUT2D eigenvalue weighted by Gasteiger charge is -2.03. The summed E-state index contributed by atoms with van der Waals surface area (Å²) in [5, 5.41) is 4.46. The van der Waals surface area contributed by atoms with E-state index in [-0.39, 0.29) is 16.6 Å². The van der Waals surface area contributed by atoms with Crippen LogP contribution in [0, 0.1) is 13.8 Å². The van der Waals surface area contributed by atoms with Gasteiger partial charge < -0.3 is 4.74 Å². The van der Waals surface area contributed by atoms with Gasteiger partial charge in [-0.05, 0) is 26.8 Å². The highest BCUT2D eigenvalue weighted by Gasteiger charge is 2.22. The topological polar surface area (TPSA) is 57.0 Å². The number of carbonyl (C=O) groups excluding carboxylic acids is 1. The van der Waals surface area contributed by atoms with Crippen LogP contribution < -0.4 is 4.74 Å². The molecule has 0 fully saturated rings. The van der Waals surface area contributed by atoms with Gasteiger partial charge in [-0.25, -0.2) is 9.78 Å². The lowest BCUT2D eigenvalue weighted by molar-refractivity contribution is 0.0726. The number of halogens is 1. The predicted molar refractivity (Wildman–Crippen MR) is 71.6 cm³/mol. The largest absolute Gasteiger partial charge is 0.404 e. The molecule has 5 nitrogen and oxygen atoms in total. The second-order valence-corrected chi connectivity index (χ2v) is 4.43. The van der Waals surface area contributed by atoms with E-state index in [4.69, 9.17) is 16.3 Å². The van der Waals surface area contributed by atoms with E-state index in [9.17, 15) is 4.79 Å². The van der Waals surface area contributed by atoms with Crippen molar-refractivity contribution in [3.63, 3.8) is 0 Å². The molecule has 0 bridgehead atoms. The Hall–Kier alpha value is -1.88. The number of ether oxygens (including phenoxy) is 1. The number of hydrogen-bond donors (Lipinski definition) is 0. The van der Waals surface area contributed by atoms with Crippen LogP contribution in [0.2, 0.25) is 5.15 Å². The molecule has 0 atom stereocenters. The molecule has 0 aliphatic carbocycles. The Morgan fingerprint density at radius 2 is 2.16 bits per heavy atom. The highest BCUT2D eigenvalue weighted by molar-refractivity contribution is 6.32. The van der Waals surface area contributed by atoms with Gasteiger partial charge in [0.15, 0.2) is 0 Å². The molecule has 100 valence electrons. The van der Waals surface area contributed by atoms with Crippen LogP contribution in [0.4, 0.5) is 0 Å². The van der Waals surface area contributed by atoms with Crippen molar-refractivity contribution in [2.45, 2.75) is 27.3 Å². The van der Waals surface area contributed by atoms with Crippen molar-refractivity contribution in [1.82, 2.24) is 14.8 Å². The number of nitrogens with zero attached hydrogens (tertiary/aromatic N) is 3. The zero-order chi connectivity index (χ0) is 14.0. The van der Waals surface area contributed by atoms with Gasteiger partial charge in [0.25, 0.3) is 0 Å². The predicted octanol–water partition coefficient (Wildman–Crippen LogP) is 2.79. The molecule has 0 aliphatic rings. The van der Waals surface area contributed by atoms with Crippen LogP contribution in [0.3, 0.4) is 0 Å². The van der Waals surface area contributed by atoms with Gasteiger partial charge in [-0.15, -0.1) is 0 Å². The summed E-state index contributed by atoms with van der Waals surface area (Å²) in [5.41, 5.74) is 1.61. The molecule has 6 heteroatoms. The van der Waals surface area contributed by atoms with Gasteiger partial charge in [-0.2, -0.15) is 5.10 Å². The first-order valence-electron chi connectivity index (χ1n) is 5.91. The van der Waals surface area contributed by atoms with Gasteiger partial charge in [-0.1, -0.05) is 17.7 Å². The molecule has 19 heavy (non-hydrogen) atoms. The van der Waals surface area contributed by atoms with Crippen LogP contribution in [-0.2, 0) is 6.54 Å². The minimum Gasteiger partial charge on any atom is -0.404 e. The number of esters is 1. The van der Waals surface area contributed by atoms with Gasteiger partial charge in [0.05, 0.1) is 5.69 Å². The average Bonchev–Trinajstić information content (AvgIpc) is 2.64. The van der Waals surface area contributed by atoms with Crippen LogP contribution in [0.25, 0.3) is 0 Å². The summed E-state index contributed by atoms with van der Waals surface area (Å²) >= 11 is 6.10. The zero-order valence-corrected chi connectivity index (χ0v) is 11.7. The van der Waals surface area contributed by atoms with Crippen LogP contribution in [0.5, 0.6) is 5.88 Å². The maximum absolute atomic E-state index is 12.1. The third-order valence-electron chi connectivity index (χ3n) is 2.63. The molecule has 2 heterocycles. The minimum atomic E-state index is -0.541. The van der Waals surface area contributed by atoms with E-state index in [1.807, 2.05) is 19.9 Å². The molecule has 0 N–H and O–H groups in total. The van der Waals surface area contributed by atoms with Crippen molar-refractivity contribution in [1.29, 1.82) is 0 Å². The highest BCUT2D eigenvalue weighted by atomic mass is 35.5. The maximum atomic E-state index is 12.1. The second kappa shape index (κ2) is 5.40. The molecule has 0 spiro atoms. The van der Waals surface area contributed by atoms with Crippen LogP contribution >= 0.6 is 11.6 Å². The number of pyridine rings is 1. The summed E-state index contributed by atoms with van der Waals surface area (Å²) in [5.74, 6) is -0.287. The van der Waals surface area contributed by atoms with Gasteiger partial charge >= 0.3 is 5.97 Å². The molecule has 0 unspecified atom stereocenters. The van der Waals surface area contributed by atoms with E-state index in [0.717, 1.165) is 5.69 Å². The van der Waals surface area contributed by atoms with Gasteiger partial charge in [0, 0.05) is 18.3 Å². The average molecular weight is 280 g/mol. The summed E-state index contributed by atoms with van der Waals surface area (Å²) in [4.78, 5) is 16.2. The van der Waals surface area contributed by atoms with Crippen molar-refractivity contribution in [2.75, 3.05) is 0 Å². The van der Waals surface area contributed by atoms with E-state index >= 15 is 0 Å². The summed E-state index contributed by atoms with van der Waals surface area (Å²) in [6.45, 7) is 6.04. The third-order valence-corrected chi connectivity index (χ3v) is 3.01. The molecular weight excluding hydrogens is 266 g/mol. The molecular formula is C13H14ClN3O2. The Labute approximate surface area is 116 Å². The number of hydrogen-bond acceptors (Lipinski definition) is 4. The van der Waals surface area contributed by atoms with Crippen molar-refractivity contribution in [3.8, 4) is 5.88 Å². The normalized spacial score (nSPS) is 10.5. The van der Waals surface area contributed by atoms with Crippen LogP contribution in [0.15, 0.2) is 18.2 Å². The molecule has 2 rings (SSSR count). The molecule has 0 saturated heterocycles. The first-order chi connectivity index (χ1) is 9.02. The fourth-order valence-corrected chi connectivity index (χ4v) is 2.09. The van der Waals surface area contributed by atoms with E-state index in [0.29, 0.717) is 12.2 Å². The molecule has 2 aromatic rings. The van der Waals surface area contributed by atoms with E-state index in [2.05, 4.69) is 10.1 Å². The number of carbonyl (C=O) groups is 1. The lowest BCUT2D eigenvalue weighted by Crippen LogP contribution is -2.11. The SMILES string of the molecule is CCn1nc(C)c(C(=O)Oc2cccc(C)n2)c1Cl. The van der Waals surface area contributed by atoms with Gasteiger partial charge in [-0.3, -0.25) is 4.68 Å². The first-order valence-corrected chi connectivity index (χ1v) is 6.29. The third kappa shape index (κ3) is 2.76. The highest BCUT2D eigenvalue weighted by Crippen LogP contribution is 2.21. The number of aromatic nitrogens is 3.